The van der Waals surface area contributed by atoms with Crippen LogP contribution in [0.3, 0.4) is 0 Å². The van der Waals surface area contributed by atoms with Gasteiger partial charge in [0.2, 0.25) is 5.91 Å². The number of nitrogens with one attached hydrogen (secondary N) is 1. The van der Waals surface area contributed by atoms with Gasteiger partial charge in [-0.1, -0.05) is 61.5 Å². The average Bonchev–Trinajstić information content (AvgIpc) is 2.44. The Morgan fingerprint density at radius 1 is 1.14 bits per heavy atom. The fraction of sp³-hybridized carbons (Fsp3) is 0.467. The molecule has 0 aromatic heterocycles. The Bertz CT molecular complexity index is 561. The maximum atomic E-state index is 12.5. The lowest BCUT2D eigenvalue weighted by Gasteiger charge is -2.25. The zero-order chi connectivity index (χ0) is 16.0. The number of halogens is 3. The first-order valence-electron chi connectivity index (χ1n) is 6.77. The number of rotatable bonds is 6. The molecule has 0 bridgehead atoms. The van der Waals surface area contributed by atoms with Crippen LogP contribution >= 0.6 is 34.8 Å². The van der Waals surface area contributed by atoms with E-state index >= 15 is 0 Å². The maximum Gasteiger partial charge on any atom is 0.244 e. The SMILES string of the molecule is CCCC(C#N)(CCC)C(=O)Nc1cc(Cl)c(Cl)cc1Cl. The Morgan fingerprint density at radius 2 is 1.67 bits per heavy atom. The van der Waals surface area contributed by atoms with E-state index in [1.807, 2.05) is 13.8 Å². The number of nitrogens with zero attached hydrogens (tertiary/aromatic N) is 1. The highest BCUT2D eigenvalue weighted by atomic mass is 35.5. The largest absolute Gasteiger partial charge is 0.323 e. The summed E-state index contributed by atoms with van der Waals surface area (Å²) in [5.74, 6) is -0.353. The second kappa shape index (κ2) is 7.89. The van der Waals surface area contributed by atoms with Crippen molar-refractivity contribution in [2.45, 2.75) is 39.5 Å². The Labute approximate surface area is 140 Å². The number of nitriles is 1. The lowest BCUT2D eigenvalue weighted by Crippen LogP contribution is -2.35. The van der Waals surface area contributed by atoms with Crippen LogP contribution in [0.2, 0.25) is 15.1 Å². The van der Waals surface area contributed by atoms with Crippen molar-refractivity contribution >= 4 is 46.4 Å². The summed E-state index contributed by atoms with van der Waals surface area (Å²) in [6.45, 7) is 3.89. The van der Waals surface area contributed by atoms with Crippen molar-refractivity contribution in [3.63, 3.8) is 0 Å². The van der Waals surface area contributed by atoms with Crippen LogP contribution in [0.1, 0.15) is 39.5 Å². The summed E-state index contributed by atoms with van der Waals surface area (Å²) in [6.07, 6.45) is 2.50. The van der Waals surface area contributed by atoms with Crippen molar-refractivity contribution in [1.29, 1.82) is 5.26 Å². The first-order valence-corrected chi connectivity index (χ1v) is 7.90. The molecule has 0 unspecified atom stereocenters. The molecule has 0 saturated carbocycles. The third-order valence-corrected chi connectivity index (χ3v) is 4.30. The molecular formula is C15H17Cl3N2O. The number of carbonyl (C=O) groups excluding carboxylic acids is 1. The van der Waals surface area contributed by atoms with Gasteiger partial charge < -0.3 is 5.32 Å². The summed E-state index contributed by atoms with van der Waals surface area (Å²) in [6, 6.07) is 5.13. The molecule has 0 aliphatic carbocycles. The van der Waals surface area contributed by atoms with Gasteiger partial charge in [-0.05, 0) is 25.0 Å². The zero-order valence-electron chi connectivity index (χ0n) is 12.0. The van der Waals surface area contributed by atoms with Gasteiger partial charge >= 0.3 is 0 Å². The Hall–Kier alpha value is -0.950. The molecule has 0 heterocycles. The minimum absolute atomic E-state index is 0.289. The molecule has 21 heavy (non-hydrogen) atoms. The minimum atomic E-state index is -1.04. The fourth-order valence-corrected chi connectivity index (χ4v) is 2.82. The summed E-state index contributed by atoms with van der Waals surface area (Å²) < 4.78 is 0. The maximum absolute atomic E-state index is 12.5. The number of benzene rings is 1. The van der Waals surface area contributed by atoms with Crippen LogP contribution in [-0.2, 0) is 4.79 Å². The number of amides is 1. The first kappa shape index (κ1) is 18.1. The van der Waals surface area contributed by atoms with E-state index in [1.165, 1.54) is 12.1 Å². The van der Waals surface area contributed by atoms with Gasteiger partial charge in [-0.3, -0.25) is 4.79 Å². The Morgan fingerprint density at radius 3 is 2.14 bits per heavy atom. The second-order valence-corrected chi connectivity index (χ2v) is 6.12. The van der Waals surface area contributed by atoms with Gasteiger partial charge in [0, 0.05) is 0 Å². The first-order chi connectivity index (χ1) is 9.90. The smallest absolute Gasteiger partial charge is 0.244 e. The third-order valence-electron chi connectivity index (χ3n) is 3.26. The highest BCUT2D eigenvalue weighted by Crippen LogP contribution is 2.35. The molecule has 0 atom stereocenters. The van der Waals surface area contributed by atoms with E-state index in [2.05, 4.69) is 11.4 Å². The van der Waals surface area contributed by atoms with E-state index in [0.717, 1.165) is 12.8 Å². The molecule has 0 aliphatic rings. The highest BCUT2D eigenvalue weighted by Gasteiger charge is 2.37. The lowest BCUT2D eigenvalue weighted by atomic mass is 9.79. The van der Waals surface area contributed by atoms with Crippen molar-refractivity contribution in [1.82, 2.24) is 0 Å². The van der Waals surface area contributed by atoms with E-state index in [-0.39, 0.29) is 10.9 Å². The molecule has 1 N–H and O–H groups in total. The second-order valence-electron chi connectivity index (χ2n) is 4.89. The third kappa shape index (κ3) is 4.26. The Kier molecular flexibility index (Phi) is 6.80. The van der Waals surface area contributed by atoms with Crippen LogP contribution in [0.25, 0.3) is 0 Å². The topological polar surface area (TPSA) is 52.9 Å². The molecule has 1 rings (SSSR count). The molecule has 0 radical (unpaired) electrons. The molecule has 3 nitrogen and oxygen atoms in total. The lowest BCUT2D eigenvalue weighted by molar-refractivity contribution is -0.123. The summed E-state index contributed by atoms with van der Waals surface area (Å²) in [5.41, 5.74) is -0.679. The molecule has 1 amide bonds. The molecule has 0 aliphatic heterocycles. The quantitative estimate of drug-likeness (QED) is 0.671. The van der Waals surface area contributed by atoms with E-state index < -0.39 is 5.41 Å². The van der Waals surface area contributed by atoms with Crippen molar-refractivity contribution in [2.75, 3.05) is 5.32 Å². The molecule has 1 aromatic rings. The van der Waals surface area contributed by atoms with Gasteiger partial charge in [0.15, 0.2) is 0 Å². The van der Waals surface area contributed by atoms with E-state index in [0.29, 0.717) is 28.6 Å². The van der Waals surface area contributed by atoms with Crippen molar-refractivity contribution < 1.29 is 4.79 Å². The van der Waals surface area contributed by atoms with Gasteiger partial charge in [0.25, 0.3) is 0 Å². The summed E-state index contributed by atoms with van der Waals surface area (Å²) in [4.78, 5) is 12.5. The molecule has 0 fully saturated rings. The van der Waals surface area contributed by atoms with Crippen molar-refractivity contribution in [3.05, 3.63) is 27.2 Å². The molecule has 6 heteroatoms. The van der Waals surface area contributed by atoms with Gasteiger partial charge in [-0.25, -0.2) is 0 Å². The zero-order valence-corrected chi connectivity index (χ0v) is 14.2. The van der Waals surface area contributed by atoms with Crippen molar-refractivity contribution in [2.24, 2.45) is 5.41 Å². The number of carbonyl (C=O) groups is 1. The van der Waals surface area contributed by atoms with Crippen LogP contribution < -0.4 is 5.32 Å². The van der Waals surface area contributed by atoms with E-state index in [9.17, 15) is 10.1 Å². The number of hydrogen-bond donors (Lipinski definition) is 1. The number of anilines is 1. The molecular weight excluding hydrogens is 331 g/mol. The summed E-state index contributed by atoms with van der Waals surface area (Å²) >= 11 is 17.8. The molecule has 114 valence electrons. The Balaban J connectivity index is 3.08. The predicted octanol–water partition coefficient (Wildman–Crippen LogP) is 5.70. The van der Waals surface area contributed by atoms with Crippen LogP contribution in [0, 0.1) is 16.7 Å². The minimum Gasteiger partial charge on any atom is -0.323 e. The van der Waals surface area contributed by atoms with Gasteiger partial charge in [0.1, 0.15) is 5.41 Å². The van der Waals surface area contributed by atoms with Crippen LogP contribution in [0.4, 0.5) is 5.69 Å². The highest BCUT2D eigenvalue weighted by molar-refractivity contribution is 6.44. The summed E-state index contributed by atoms with van der Waals surface area (Å²) in [5, 5.41) is 13.1. The normalized spacial score (nSPS) is 11.0. The molecule has 1 aromatic carbocycles. The van der Waals surface area contributed by atoms with E-state index in [1.54, 1.807) is 0 Å². The van der Waals surface area contributed by atoms with Gasteiger partial charge in [0.05, 0.1) is 26.8 Å². The molecule has 0 saturated heterocycles. The van der Waals surface area contributed by atoms with Crippen LogP contribution in [0.5, 0.6) is 0 Å². The fourth-order valence-electron chi connectivity index (χ4n) is 2.23. The summed E-state index contributed by atoms with van der Waals surface area (Å²) in [7, 11) is 0. The standard InChI is InChI=1S/C15H17Cl3N2O/c1-3-5-15(9-19,6-4-2)14(21)20-13-8-11(17)10(16)7-12(13)18/h7-8H,3-6H2,1-2H3,(H,20,21). The van der Waals surface area contributed by atoms with Crippen LogP contribution in [-0.4, -0.2) is 5.91 Å². The van der Waals surface area contributed by atoms with Crippen LogP contribution in [0.15, 0.2) is 12.1 Å². The van der Waals surface area contributed by atoms with Gasteiger partial charge in [-0.2, -0.15) is 5.26 Å². The number of hydrogen-bond acceptors (Lipinski definition) is 2. The monoisotopic (exact) mass is 346 g/mol. The van der Waals surface area contributed by atoms with E-state index in [4.69, 9.17) is 34.8 Å². The molecule has 0 spiro atoms. The predicted molar refractivity (Wildman–Crippen MR) is 88.0 cm³/mol. The average molecular weight is 348 g/mol. The van der Waals surface area contributed by atoms with Crippen molar-refractivity contribution in [3.8, 4) is 6.07 Å². The van der Waals surface area contributed by atoms with Gasteiger partial charge in [-0.15, -0.1) is 0 Å².